The van der Waals surface area contributed by atoms with E-state index < -0.39 is 0 Å². The lowest BCUT2D eigenvalue weighted by Crippen LogP contribution is -2.51. The van der Waals surface area contributed by atoms with Crippen molar-refractivity contribution in [3.8, 4) is 6.07 Å². The molecule has 0 saturated carbocycles. The van der Waals surface area contributed by atoms with Crippen LogP contribution in [0, 0.1) is 16.7 Å². The molecule has 92 valence electrons. The van der Waals surface area contributed by atoms with Crippen LogP contribution in [0.2, 0.25) is 0 Å². The van der Waals surface area contributed by atoms with E-state index in [2.05, 4.69) is 32.2 Å². The van der Waals surface area contributed by atoms with Gasteiger partial charge in [0.15, 0.2) is 0 Å². The SMILES string of the molecule is CC(C)(CCC#N)CNC1(C)CCCOC1. The van der Waals surface area contributed by atoms with Crippen molar-refractivity contribution in [2.75, 3.05) is 19.8 Å². The fraction of sp³-hybridized carbons (Fsp3) is 0.923. The largest absolute Gasteiger partial charge is 0.380 e. The monoisotopic (exact) mass is 224 g/mol. The molecule has 0 aromatic carbocycles. The molecule has 3 heteroatoms. The lowest BCUT2D eigenvalue weighted by atomic mass is 9.86. The third-order valence-corrected chi connectivity index (χ3v) is 3.35. The normalized spacial score (nSPS) is 26.4. The Labute approximate surface area is 99.2 Å². The van der Waals surface area contributed by atoms with Crippen molar-refractivity contribution in [3.05, 3.63) is 0 Å². The standard InChI is InChI=1S/C13H24N2O/c1-12(2,6-4-8-14)10-15-13(3)7-5-9-16-11-13/h15H,4-7,9-11H2,1-3H3. The second-order valence-corrected chi connectivity index (χ2v) is 5.89. The molecule has 1 fully saturated rings. The molecule has 1 aliphatic heterocycles. The van der Waals surface area contributed by atoms with E-state index in [1.807, 2.05) is 0 Å². The van der Waals surface area contributed by atoms with Gasteiger partial charge >= 0.3 is 0 Å². The maximum absolute atomic E-state index is 8.61. The second kappa shape index (κ2) is 5.65. The fourth-order valence-electron chi connectivity index (χ4n) is 2.01. The molecule has 1 unspecified atom stereocenters. The highest BCUT2D eigenvalue weighted by molar-refractivity contribution is 4.88. The zero-order valence-corrected chi connectivity index (χ0v) is 10.8. The van der Waals surface area contributed by atoms with E-state index in [0.29, 0.717) is 6.42 Å². The summed E-state index contributed by atoms with van der Waals surface area (Å²) < 4.78 is 5.52. The van der Waals surface area contributed by atoms with Gasteiger partial charge in [-0.1, -0.05) is 13.8 Å². The number of hydrogen-bond donors (Lipinski definition) is 1. The minimum Gasteiger partial charge on any atom is -0.380 e. The van der Waals surface area contributed by atoms with Gasteiger partial charge in [-0.05, 0) is 31.6 Å². The van der Waals surface area contributed by atoms with Crippen LogP contribution < -0.4 is 5.32 Å². The summed E-state index contributed by atoms with van der Waals surface area (Å²) in [6, 6.07) is 2.22. The molecule has 0 aromatic rings. The fourth-order valence-corrected chi connectivity index (χ4v) is 2.01. The molecule has 0 spiro atoms. The first-order valence-electron chi connectivity index (χ1n) is 6.17. The number of nitriles is 1. The van der Waals surface area contributed by atoms with E-state index in [-0.39, 0.29) is 11.0 Å². The summed E-state index contributed by atoms with van der Waals surface area (Å²) in [7, 11) is 0. The molecule has 1 N–H and O–H groups in total. The maximum Gasteiger partial charge on any atom is 0.0645 e. The molecule has 0 amide bonds. The predicted octanol–water partition coefficient (Wildman–Crippen LogP) is 2.48. The molecular formula is C13H24N2O. The van der Waals surface area contributed by atoms with Crippen LogP contribution in [-0.2, 0) is 4.74 Å². The van der Waals surface area contributed by atoms with Gasteiger partial charge in [0.05, 0.1) is 12.7 Å². The molecule has 1 rings (SSSR count). The number of ether oxygens (including phenoxy) is 1. The Morgan fingerprint density at radius 2 is 2.25 bits per heavy atom. The zero-order valence-electron chi connectivity index (χ0n) is 10.8. The minimum atomic E-state index is 0.127. The van der Waals surface area contributed by atoms with Gasteiger partial charge in [0.1, 0.15) is 0 Å². The number of nitrogens with one attached hydrogen (secondary N) is 1. The highest BCUT2D eigenvalue weighted by Crippen LogP contribution is 2.24. The summed E-state index contributed by atoms with van der Waals surface area (Å²) in [5.74, 6) is 0. The molecule has 16 heavy (non-hydrogen) atoms. The molecule has 3 nitrogen and oxygen atoms in total. The number of rotatable bonds is 5. The summed E-state index contributed by atoms with van der Waals surface area (Å²) in [5.41, 5.74) is 0.318. The van der Waals surface area contributed by atoms with Crippen molar-refractivity contribution in [1.29, 1.82) is 5.26 Å². The van der Waals surface area contributed by atoms with E-state index in [9.17, 15) is 0 Å². The van der Waals surface area contributed by atoms with Gasteiger partial charge in [0.25, 0.3) is 0 Å². The van der Waals surface area contributed by atoms with Gasteiger partial charge in [-0.25, -0.2) is 0 Å². The Kier molecular flexibility index (Phi) is 4.76. The third-order valence-electron chi connectivity index (χ3n) is 3.35. The number of hydrogen-bond acceptors (Lipinski definition) is 3. The van der Waals surface area contributed by atoms with Crippen LogP contribution >= 0.6 is 0 Å². The summed E-state index contributed by atoms with van der Waals surface area (Å²) in [6.45, 7) is 9.31. The Balaban J connectivity index is 2.34. The minimum absolute atomic E-state index is 0.127. The smallest absolute Gasteiger partial charge is 0.0645 e. The summed E-state index contributed by atoms with van der Waals surface area (Å²) in [5, 5.41) is 12.2. The number of nitrogens with zero attached hydrogens (tertiary/aromatic N) is 1. The van der Waals surface area contributed by atoms with Crippen LogP contribution in [0.5, 0.6) is 0 Å². The average Bonchev–Trinajstić information content (AvgIpc) is 2.25. The lowest BCUT2D eigenvalue weighted by Gasteiger charge is -2.37. The van der Waals surface area contributed by atoms with Gasteiger partial charge in [-0.2, -0.15) is 5.26 Å². The van der Waals surface area contributed by atoms with E-state index in [0.717, 1.165) is 32.6 Å². The van der Waals surface area contributed by atoms with Crippen LogP contribution in [0.25, 0.3) is 0 Å². The topological polar surface area (TPSA) is 45.0 Å². The predicted molar refractivity (Wildman–Crippen MR) is 65.1 cm³/mol. The molecule has 1 aliphatic rings. The first-order valence-corrected chi connectivity index (χ1v) is 6.17. The third kappa shape index (κ3) is 4.51. The van der Waals surface area contributed by atoms with Gasteiger partial charge in [0.2, 0.25) is 0 Å². The molecule has 1 saturated heterocycles. The molecular weight excluding hydrogens is 200 g/mol. The van der Waals surface area contributed by atoms with Crippen molar-refractivity contribution in [2.45, 2.75) is 52.0 Å². The highest BCUT2D eigenvalue weighted by Gasteiger charge is 2.29. The second-order valence-electron chi connectivity index (χ2n) is 5.89. The van der Waals surface area contributed by atoms with Crippen molar-refractivity contribution in [2.24, 2.45) is 5.41 Å². The molecule has 1 heterocycles. The Bertz CT molecular complexity index is 249. The highest BCUT2D eigenvalue weighted by atomic mass is 16.5. The molecule has 1 atom stereocenters. The molecule has 0 bridgehead atoms. The van der Waals surface area contributed by atoms with Crippen molar-refractivity contribution in [3.63, 3.8) is 0 Å². The van der Waals surface area contributed by atoms with Crippen molar-refractivity contribution < 1.29 is 4.74 Å². The molecule has 0 radical (unpaired) electrons. The first-order chi connectivity index (χ1) is 7.47. The van der Waals surface area contributed by atoms with Crippen LogP contribution in [0.15, 0.2) is 0 Å². The Morgan fingerprint density at radius 1 is 1.50 bits per heavy atom. The van der Waals surface area contributed by atoms with Crippen molar-refractivity contribution >= 4 is 0 Å². The van der Waals surface area contributed by atoms with E-state index in [1.165, 1.54) is 6.42 Å². The summed E-state index contributed by atoms with van der Waals surface area (Å²) in [6.07, 6.45) is 3.92. The summed E-state index contributed by atoms with van der Waals surface area (Å²) >= 11 is 0. The first kappa shape index (κ1) is 13.5. The van der Waals surface area contributed by atoms with E-state index >= 15 is 0 Å². The van der Waals surface area contributed by atoms with Gasteiger partial charge < -0.3 is 10.1 Å². The van der Waals surface area contributed by atoms with Crippen LogP contribution in [0.3, 0.4) is 0 Å². The average molecular weight is 224 g/mol. The van der Waals surface area contributed by atoms with E-state index in [1.54, 1.807) is 0 Å². The quantitative estimate of drug-likeness (QED) is 0.780. The van der Waals surface area contributed by atoms with Gasteiger partial charge in [-0.3, -0.25) is 0 Å². The molecule has 0 aliphatic carbocycles. The summed E-state index contributed by atoms with van der Waals surface area (Å²) in [4.78, 5) is 0. The van der Waals surface area contributed by atoms with Crippen LogP contribution in [-0.4, -0.2) is 25.3 Å². The van der Waals surface area contributed by atoms with Crippen LogP contribution in [0.4, 0.5) is 0 Å². The Hall–Kier alpha value is -0.590. The zero-order chi connectivity index (χ0) is 12.1. The lowest BCUT2D eigenvalue weighted by molar-refractivity contribution is 0.0240. The van der Waals surface area contributed by atoms with Crippen molar-refractivity contribution in [1.82, 2.24) is 5.32 Å². The molecule has 0 aromatic heterocycles. The van der Waals surface area contributed by atoms with Gasteiger partial charge in [0, 0.05) is 25.1 Å². The maximum atomic E-state index is 8.61. The van der Waals surface area contributed by atoms with E-state index in [4.69, 9.17) is 10.00 Å². The van der Waals surface area contributed by atoms with Crippen LogP contribution in [0.1, 0.15) is 46.5 Å². The Morgan fingerprint density at radius 3 is 2.81 bits per heavy atom. The van der Waals surface area contributed by atoms with Gasteiger partial charge in [-0.15, -0.1) is 0 Å².